The molecular weight excluding hydrogens is 228 g/mol. The van der Waals surface area contributed by atoms with Crippen molar-refractivity contribution >= 4 is 5.91 Å². The number of nitrogens with two attached hydrogens (primary N) is 1. The Balaban J connectivity index is 2.16. The van der Waals surface area contributed by atoms with Crippen molar-refractivity contribution < 1.29 is 9.90 Å². The molecule has 1 amide bonds. The monoisotopic (exact) mass is 248 g/mol. The Morgan fingerprint density at radius 3 is 2.83 bits per heavy atom. The van der Waals surface area contributed by atoms with Gasteiger partial charge in [-0.15, -0.1) is 0 Å². The van der Waals surface area contributed by atoms with Crippen LogP contribution in [0.5, 0.6) is 5.75 Å². The smallest absolute Gasteiger partial charge is 0.254 e. The lowest BCUT2D eigenvalue weighted by Crippen LogP contribution is -2.49. The SMILES string of the molecule is Cc1cc(O)ccc1C(=O)N1CCC(C)C(N)C1. The van der Waals surface area contributed by atoms with Gasteiger partial charge in [0.25, 0.3) is 5.91 Å². The highest BCUT2D eigenvalue weighted by molar-refractivity contribution is 5.95. The molecule has 0 bridgehead atoms. The third-order valence-corrected chi connectivity index (χ3v) is 3.74. The summed E-state index contributed by atoms with van der Waals surface area (Å²) in [6, 6.07) is 4.89. The third-order valence-electron chi connectivity index (χ3n) is 3.74. The molecule has 4 nitrogen and oxygen atoms in total. The van der Waals surface area contributed by atoms with E-state index in [0.717, 1.165) is 18.5 Å². The molecule has 1 aromatic carbocycles. The van der Waals surface area contributed by atoms with Gasteiger partial charge in [0.2, 0.25) is 0 Å². The number of aromatic hydroxyl groups is 1. The zero-order valence-corrected chi connectivity index (χ0v) is 10.9. The highest BCUT2D eigenvalue weighted by Gasteiger charge is 2.27. The maximum absolute atomic E-state index is 12.4. The average Bonchev–Trinajstić information content (AvgIpc) is 2.32. The van der Waals surface area contributed by atoms with E-state index >= 15 is 0 Å². The van der Waals surface area contributed by atoms with E-state index in [1.807, 2.05) is 11.8 Å². The van der Waals surface area contributed by atoms with Crippen molar-refractivity contribution in [2.75, 3.05) is 13.1 Å². The molecule has 0 aromatic heterocycles. The summed E-state index contributed by atoms with van der Waals surface area (Å²) in [5.74, 6) is 0.665. The number of benzene rings is 1. The fourth-order valence-electron chi connectivity index (χ4n) is 2.34. The first kappa shape index (κ1) is 12.9. The van der Waals surface area contributed by atoms with Crippen molar-refractivity contribution in [2.45, 2.75) is 26.3 Å². The molecule has 3 N–H and O–H groups in total. The van der Waals surface area contributed by atoms with Crippen LogP contribution in [0.15, 0.2) is 18.2 Å². The second-order valence-electron chi connectivity index (χ2n) is 5.18. The van der Waals surface area contributed by atoms with E-state index < -0.39 is 0 Å². The number of aryl methyl sites for hydroxylation is 1. The lowest BCUT2D eigenvalue weighted by molar-refractivity contribution is 0.0671. The van der Waals surface area contributed by atoms with E-state index in [0.29, 0.717) is 18.0 Å². The minimum atomic E-state index is 0.00912. The lowest BCUT2D eigenvalue weighted by Gasteiger charge is -2.35. The summed E-state index contributed by atoms with van der Waals surface area (Å²) >= 11 is 0. The molecule has 98 valence electrons. The summed E-state index contributed by atoms with van der Waals surface area (Å²) in [5, 5.41) is 9.36. The molecule has 0 saturated carbocycles. The van der Waals surface area contributed by atoms with E-state index in [1.165, 1.54) is 0 Å². The van der Waals surface area contributed by atoms with Gasteiger partial charge in [0.15, 0.2) is 0 Å². The van der Waals surface area contributed by atoms with E-state index in [1.54, 1.807) is 18.2 Å². The van der Waals surface area contributed by atoms with Gasteiger partial charge >= 0.3 is 0 Å². The second kappa shape index (κ2) is 4.98. The number of phenols is 1. The Morgan fingerprint density at radius 1 is 1.50 bits per heavy atom. The number of phenolic OH excluding ortho intramolecular Hbond substituents is 1. The van der Waals surface area contributed by atoms with Gasteiger partial charge in [-0.25, -0.2) is 0 Å². The van der Waals surface area contributed by atoms with Gasteiger partial charge < -0.3 is 15.7 Å². The Labute approximate surface area is 107 Å². The summed E-state index contributed by atoms with van der Waals surface area (Å²) in [6.07, 6.45) is 0.948. The summed E-state index contributed by atoms with van der Waals surface area (Å²) in [7, 11) is 0. The Hall–Kier alpha value is -1.55. The van der Waals surface area contributed by atoms with Crippen LogP contribution < -0.4 is 5.73 Å². The zero-order chi connectivity index (χ0) is 13.3. The molecule has 0 aliphatic carbocycles. The molecule has 0 spiro atoms. The van der Waals surface area contributed by atoms with Crippen LogP contribution in [0.2, 0.25) is 0 Å². The fourth-order valence-corrected chi connectivity index (χ4v) is 2.34. The summed E-state index contributed by atoms with van der Waals surface area (Å²) in [6.45, 7) is 5.33. The number of rotatable bonds is 1. The highest BCUT2D eigenvalue weighted by Crippen LogP contribution is 2.21. The maximum atomic E-state index is 12.4. The van der Waals surface area contributed by atoms with Crippen molar-refractivity contribution in [1.29, 1.82) is 0 Å². The molecule has 1 fully saturated rings. The minimum absolute atomic E-state index is 0.00912. The van der Waals surface area contributed by atoms with Crippen LogP contribution in [0.3, 0.4) is 0 Å². The molecule has 1 saturated heterocycles. The Kier molecular flexibility index (Phi) is 3.57. The number of hydrogen-bond donors (Lipinski definition) is 2. The molecule has 1 aliphatic rings. The quantitative estimate of drug-likeness (QED) is 0.791. The molecule has 1 heterocycles. The third kappa shape index (κ3) is 2.48. The second-order valence-corrected chi connectivity index (χ2v) is 5.18. The molecule has 1 aliphatic heterocycles. The largest absolute Gasteiger partial charge is 0.508 e. The number of piperidine rings is 1. The molecular formula is C14H20N2O2. The zero-order valence-electron chi connectivity index (χ0n) is 10.9. The number of carbonyl (C=O) groups is 1. The number of likely N-dealkylation sites (tertiary alicyclic amines) is 1. The van der Waals surface area contributed by atoms with Gasteiger partial charge in [0, 0.05) is 24.7 Å². The van der Waals surface area contributed by atoms with E-state index in [9.17, 15) is 9.90 Å². The average molecular weight is 248 g/mol. The Bertz CT molecular complexity index is 459. The van der Waals surface area contributed by atoms with Crippen molar-refractivity contribution in [3.63, 3.8) is 0 Å². The van der Waals surface area contributed by atoms with Crippen LogP contribution in [-0.4, -0.2) is 35.0 Å². The van der Waals surface area contributed by atoms with Crippen LogP contribution in [0, 0.1) is 12.8 Å². The number of nitrogens with zero attached hydrogens (tertiary/aromatic N) is 1. The van der Waals surface area contributed by atoms with E-state index in [2.05, 4.69) is 6.92 Å². The maximum Gasteiger partial charge on any atom is 0.254 e. The molecule has 18 heavy (non-hydrogen) atoms. The highest BCUT2D eigenvalue weighted by atomic mass is 16.3. The standard InChI is InChI=1S/C14H20N2O2/c1-9-5-6-16(8-13(9)15)14(18)12-4-3-11(17)7-10(12)2/h3-4,7,9,13,17H,5-6,8,15H2,1-2H3. The van der Waals surface area contributed by atoms with Crippen molar-refractivity contribution in [2.24, 2.45) is 11.7 Å². The molecule has 2 unspecified atom stereocenters. The van der Waals surface area contributed by atoms with Crippen molar-refractivity contribution in [1.82, 2.24) is 4.90 Å². The van der Waals surface area contributed by atoms with Gasteiger partial charge in [-0.2, -0.15) is 0 Å². The lowest BCUT2D eigenvalue weighted by atomic mass is 9.93. The normalized spacial score (nSPS) is 24.1. The van der Waals surface area contributed by atoms with Gasteiger partial charge in [-0.1, -0.05) is 6.92 Å². The van der Waals surface area contributed by atoms with Gasteiger partial charge in [0.1, 0.15) is 5.75 Å². The molecule has 0 radical (unpaired) electrons. The minimum Gasteiger partial charge on any atom is -0.508 e. The van der Waals surface area contributed by atoms with Crippen LogP contribution in [0.25, 0.3) is 0 Å². The van der Waals surface area contributed by atoms with Crippen LogP contribution in [0.4, 0.5) is 0 Å². The molecule has 4 heteroatoms. The van der Waals surface area contributed by atoms with Crippen LogP contribution >= 0.6 is 0 Å². The first-order chi connectivity index (χ1) is 8.49. The van der Waals surface area contributed by atoms with Gasteiger partial charge in [0.05, 0.1) is 0 Å². The van der Waals surface area contributed by atoms with Crippen LogP contribution in [-0.2, 0) is 0 Å². The number of carbonyl (C=O) groups excluding carboxylic acids is 1. The number of amides is 1. The summed E-state index contributed by atoms with van der Waals surface area (Å²) in [4.78, 5) is 14.2. The number of hydrogen-bond acceptors (Lipinski definition) is 3. The van der Waals surface area contributed by atoms with Crippen LogP contribution in [0.1, 0.15) is 29.3 Å². The molecule has 2 atom stereocenters. The van der Waals surface area contributed by atoms with Gasteiger partial charge in [-0.3, -0.25) is 4.79 Å². The summed E-state index contributed by atoms with van der Waals surface area (Å²) < 4.78 is 0. The predicted octanol–water partition coefficient (Wildman–Crippen LogP) is 1.51. The predicted molar refractivity (Wildman–Crippen MR) is 70.5 cm³/mol. The molecule has 1 aromatic rings. The van der Waals surface area contributed by atoms with E-state index in [4.69, 9.17) is 5.73 Å². The topological polar surface area (TPSA) is 66.6 Å². The van der Waals surface area contributed by atoms with Gasteiger partial charge in [-0.05, 0) is 43.0 Å². The van der Waals surface area contributed by atoms with Crippen molar-refractivity contribution in [3.05, 3.63) is 29.3 Å². The molecule has 2 rings (SSSR count). The summed E-state index contributed by atoms with van der Waals surface area (Å²) in [5.41, 5.74) is 7.46. The van der Waals surface area contributed by atoms with E-state index in [-0.39, 0.29) is 17.7 Å². The van der Waals surface area contributed by atoms with Crippen molar-refractivity contribution in [3.8, 4) is 5.75 Å². The first-order valence-corrected chi connectivity index (χ1v) is 6.33. The Morgan fingerprint density at radius 2 is 2.22 bits per heavy atom. The fraction of sp³-hybridized carbons (Fsp3) is 0.500. The first-order valence-electron chi connectivity index (χ1n) is 6.33.